The molecule has 0 radical (unpaired) electrons. The quantitative estimate of drug-likeness (QED) is 0.220. The van der Waals surface area contributed by atoms with Gasteiger partial charge in [-0.15, -0.1) is 0 Å². The fourth-order valence-electron chi connectivity index (χ4n) is 4.86. The van der Waals surface area contributed by atoms with E-state index in [2.05, 4.69) is 9.98 Å². The molecular weight excluding hydrogens is 506 g/mol. The summed E-state index contributed by atoms with van der Waals surface area (Å²) >= 11 is 0. The number of aliphatic imine (C=N–C) groups is 2. The highest BCUT2D eigenvalue weighted by molar-refractivity contribution is 6.05. The molecule has 0 unspecified atom stereocenters. The maximum atomic E-state index is 14.7. The molecule has 0 amide bonds. The normalized spacial score (nSPS) is 11.8. The predicted molar refractivity (Wildman–Crippen MR) is 158 cm³/mol. The van der Waals surface area contributed by atoms with Crippen LogP contribution in [0, 0.1) is 11.6 Å². The number of halogens is 2. The second-order valence-electron chi connectivity index (χ2n) is 9.22. The molecule has 6 heteroatoms. The number of benzene rings is 6. The van der Waals surface area contributed by atoms with Crippen molar-refractivity contribution in [2.75, 3.05) is 0 Å². The zero-order valence-corrected chi connectivity index (χ0v) is 21.1. The number of nitrogens with zero attached hydrogens (tertiary/aromatic N) is 2. The Morgan fingerprint density at radius 2 is 0.900 bits per heavy atom. The maximum absolute atomic E-state index is 14.7. The van der Waals surface area contributed by atoms with Crippen molar-refractivity contribution in [1.82, 2.24) is 0 Å². The predicted octanol–water partition coefficient (Wildman–Crippen LogP) is 8.85. The third-order valence-corrected chi connectivity index (χ3v) is 6.79. The largest absolute Gasteiger partial charge is 0.507 e. The summed E-state index contributed by atoms with van der Waals surface area (Å²) in [6.07, 6.45) is 2.92. The molecule has 0 saturated heterocycles. The standard InChI is InChI=1S/C34H22F2N2O2/c35-27-11-5-7-21-15-17-31(39)25(33(21)27)19-37-29-13-3-1-9-23(29)24-10-2-4-14-30(24)38-20-26-32(40)18-16-22-8-6-12-28(36)34(22)26/h1-20,39-40H. The molecule has 0 aliphatic carbocycles. The lowest BCUT2D eigenvalue weighted by molar-refractivity contribution is 0.474. The van der Waals surface area contributed by atoms with Gasteiger partial charge in [0.05, 0.1) is 11.4 Å². The minimum atomic E-state index is -0.448. The fraction of sp³-hybridized carbons (Fsp3) is 0. The van der Waals surface area contributed by atoms with Crippen LogP contribution in [0.3, 0.4) is 0 Å². The van der Waals surface area contributed by atoms with Gasteiger partial charge in [0, 0.05) is 45.5 Å². The first-order valence-electron chi connectivity index (χ1n) is 12.6. The lowest BCUT2D eigenvalue weighted by Crippen LogP contribution is -1.90. The number of hydrogen-bond donors (Lipinski definition) is 2. The van der Waals surface area contributed by atoms with Crippen LogP contribution in [0.4, 0.5) is 20.2 Å². The van der Waals surface area contributed by atoms with E-state index in [4.69, 9.17) is 0 Å². The van der Waals surface area contributed by atoms with E-state index in [0.717, 1.165) is 11.1 Å². The van der Waals surface area contributed by atoms with Crippen LogP contribution in [0.2, 0.25) is 0 Å². The summed E-state index contributed by atoms with van der Waals surface area (Å²) in [6, 6.07) is 30.7. The second kappa shape index (κ2) is 10.4. The number of para-hydroxylation sites is 2. The molecule has 6 rings (SSSR count). The topological polar surface area (TPSA) is 65.2 Å². The second-order valence-corrected chi connectivity index (χ2v) is 9.22. The molecule has 4 nitrogen and oxygen atoms in total. The van der Waals surface area contributed by atoms with E-state index in [9.17, 15) is 19.0 Å². The van der Waals surface area contributed by atoms with Crippen molar-refractivity contribution in [1.29, 1.82) is 0 Å². The van der Waals surface area contributed by atoms with Crippen molar-refractivity contribution in [2.24, 2.45) is 9.98 Å². The van der Waals surface area contributed by atoms with Crippen LogP contribution in [-0.4, -0.2) is 22.6 Å². The molecule has 0 spiro atoms. The van der Waals surface area contributed by atoms with E-state index in [-0.39, 0.29) is 33.4 Å². The third kappa shape index (κ3) is 4.56. The number of fused-ring (bicyclic) bond motifs is 2. The summed E-state index contributed by atoms with van der Waals surface area (Å²) in [5.41, 5.74) is 3.23. The van der Waals surface area contributed by atoms with Crippen LogP contribution in [0.1, 0.15) is 11.1 Å². The molecule has 6 aromatic carbocycles. The molecule has 0 aromatic heterocycles. The molecule has 6 aromatic rings. The van der Waals surface area contributed by atoms with Crippen LogP contribution < -0.4 is 0 Å². The number of aromatic hydroxyl groups is 2. The van der Waals surface area contributed by atoms with E-state index in [1.54, 1.807) is 36.4 Å². The number of rotatable bonds is 5. The molecular formula is C34H22F2N2O2. The SMILES string of the molecule is Oc1ccc2cccc(F)c2c1C=Nc1ccccc1-c1ccccc1N=Cc1c(O)ccc2cccc(F)c12. The zero-order chi connectivity index (χ0) is 27.6. The van der Waals surface area contributed by atoms with Gasteiger partial charge < -0.3 is 10.2 Å². The molecule has 0 saturated carbocycles. The molecule has 194 valence electrons. The van der Waals surface area contributed by atoms with Crippen LogP contribution in [-0.2, 0) is 0 Å². The Kier molecular flexibility index (Phi) is 6.50. The number of phenols is 2. The van der Waals surface area contributed by atoms with Gasteiger partial charge in [-0.25, -0.2) is 8.78 Å². The van der Waals surface area contributed by atoms with Crippen molar-refractivity contribution < 1.29 is 19.0 Å². The van der Waals surface area contributed by atoms with Gasteiger partial charge in [-0.2, -0.15) is 0 Å². The Bertz CT molecular complexity index is 1820. The van der Waals surface area contributed by atoms with Gasteiger partial charge >= 0.3 is 0 Å². The minimum absolute atomic E-state index is 0.0778. The lowest BCUT2D eigenvalue weighted by atomic mass is 10.0. The highest BCUT2D eigenvalue weighted by Crippen LogP contribution is 2.38. The summed E-state index contributed by atoms with van der Waals surface area (Å²) < 4.78 is 29.4. The van der Waals surface area contributed by atoms with E-state index in [1.165, 1.54) is 36.7 Å². The molecule has 0 bridgehead atoms. The smallest absolute Gasteiger partial charge is 0.131 e. The first-order valence-corrected chi connectivity index (χ1v) is 12.6. The zero-order valence-electron chi connectivity index (χ0n) is 21.1. The molecule has 0 fully saturated rings. The molecule has 2 N–H and O–H groups in total. The summed E-state index contributed by atoms with van der Waals surface area (Å²) in [5, 5.41) is 22.9. The summed E-state index contributed by atoms with van der Waals surface area (Å²) in [4.78, 5) is 9.28. The van der Waals surface area contributed by atoms with E-state index in [0.29, 0.717) is 22.1 Å². The van der Waals surface area contributed by atoms with Crippen molar-refractivity contribution in [2.45, 2.75) is 0 Å². The van der Waals surface area contributed by atoms with Crippen LogP contribution in [0.5, 0.6) is 11.5 Å². The monoisotopic (exact) mass is 528 g/mol. The Labute approximate surface area is 228 Å². The lowest BCUT2D eigenvalue weighted by Gasteiger charge is -2.10. The highest BCUT2D eigenvalue weighted by Gasteiger charge is 2.13. The first-order chi connectivity index (χ1) is 19.5. The Morgan fingerprint density at radius 1 is 0.475 bits per heavy atom. The average Bonchev–Trinajstić information content (AvgIpc) is 2.97. The summed E-state index contributed by atoms with van der Waals surface area (Å²) in [6.45, 7) is 0. The molecule has 0 heterocycles. The third-order valence-electron chi connectivity index (χ3n) is 6.79. The summed E-state index contributed by atoms with van der Waals surface area (Å²) in [7, 11) is 0. The average molecular weight is 529 g/mol. The van der Waals surface area contributed by atoms with Crippen LogP contribution >= 0.6 is 0 Å². The first kappa shape index (κ1) is 24.9. The summed E-state index contributed by atoms with van der Waals surface area (Å²) in [5.74, 6) is -1.05. The van der Waals surface area contributed by atoms with Gasteiger partial charge in [-0.3, -0.25) is 9.98 Å². The van der Waals surface area contributed by atoms with Crippen molar-refractivity contribution in [3.8, 4) is 22.6 Å². The van der Waals surface area contributed by atoms with E-state index < -0.39 is 11.6 Å². The van der Waals surface area contributed by atoms with Gasteiger partial charge in [0.25, 0.3) is 0 Å². The van der Waals surface area contributed by atoms with Crippen LogP contribution in [0.15, 0.2) is 119 Å². The van der Waals surface area contributed by atoms with E-state index >= 15 is 0 Å². The van der Waals surface area contributed by atoms with E-state index in [1.807, 2.05) is 48.5 Å². The van der Waals surface area contributed by atoms with Crippen molar-refractivity contribution in [3.63, 3.8) is 0 Å². The van der Waals surface area contributed by atoms with Gasteiger partial charge in [0.15, 0.2) is 0 Å². The van der Waals surface area contributed by atoms with Gasteiger partial charge in [-0.1, -0.05) is 72.8 Å². The molecule has 40 heavy (non-hydrogen) atoms. The molecule has 0 atom stereocenters. The van der Waals surface area contributed by atoms with Crippen LogP contribution in [0.25, 0.3) is 32.7 Å². The van der Waals surface area contributed by atoms with Crippen molar-refractivity contribution >= 4 is 45.3 Å². The van der Waals surface area contributed by atoms with Gasteiger partial charge in [0.2, 0.25) is 0 Å². The van der Waals surface area contributed by atoms with Gasteiger partial charge in [0.1, 0.15) is 23.1 Å². The Morgan fingerprint density at radius 3 is 1.35 bits per heavy atom. The highest BCUT2D eigenvalue weighted by atomic mass is 19.1. The molecule has 0 aliphatic heterocycles. The Balaban J connectivity index is 1.44. The fourth-order valence-corrected chi connectivity index (χ4v) is 4.86. The minimum Gasteiger partial charge on any atom is -0.507 e. The molecule has 0 aliphatic rings. The van der Waals surface area contributed by atoms with Crippen molar-refractivity contribution in [3.05, 3.63) is 132 Å². The number of hydrogen-bond acceptors (Lipinski definition) is 4. The Hall–Kier alpha value is -5.36. The number of phenolic OH excluding ortho intramolecular Hbond substituents is 2. The van der Waals surface area contributed by atoms with Gasteiger partial charge in [-0.05, 0) is 47.2 Å². The maximum Gasteiger partial charge on any atom is 0.131 e.